The first-order valence-corrected chi connectivity index (χ1v) is 7.53. The summed E-state index contributed by atoms with van der Waals surface area (Å²) in [5.74, 6) is -0.132. The Morgan fingerprint density at radius 2 is 1.88 bits per heavy atom. The molecule has 0 atom stereocenters. The molecule has 0 aliphatic heterocycles. The highest BCUT2D eigenvalue weighted by Crippen LogP contribution is 2.27. The fraction of sp³-hybridized carbons (Fsp3) is 0.167. The Kier molecular flexibility index (Phi) is 6.55. The number of nitrogens with zero attached hydrogens (tertiary/aromatic N) is 1. The summed E-state index contributed by atoms with van der Waals surface area (Å²) >= 11 is 0. The van der Waals surface area contributed by atoms with E-state index < -0.39 is 18.5 Å². The molecule has 0 aliphatic rings. The minimum atomic E-state index is -1.06. The highest BCUT2D eigenvalue weighted by molar-refractivity contribution is 5.95. The summed E-state index contributed by atoms with van der Waals surface area (Å²) in [7, 11) is 2.99. The Labute approximate surface area is 150 Å². The van der Waals surface area contributed by atoms with Gasteiger partial charge in [0.25, 0.3) is 5.91 Å². The van der Waals surface area contributed by atoms with Crippen LogP contribution in [0.15, 0.2) is 47.6 Å². The minimum absolute atomic E-state index is 0.360. The third kappa shape index (κ3) is 5.23. The molecule has 0 heterocycles. The van der Waals surface area contributed by atoms with Crippen LogP contribution in [0.25, 0.3) is 0 Å². The monoisotopic (exact) mass is 358 g/mol. The maximum atomic E-state index is 12.1. The molecular weight excluding hydrogens is 340 g/mol. The lowest BCUT2D eigenvalue weighted by Crippen LogP contribution is -2.17. The molecule has 8 heteroatoms. The van der Waals surface area contributed by atoms with Gasteiger partial charge in [-0.15, -0.1) is 0 Å². The van der Waals surface area contributed by atoms with Gasteiger partial charge in [-0.3, -0.25) is 4.79 Å². The smallest absolute Gasteiger partial charge is 0.341 e. The normalized spacial score (nSPS) is 10.4. The number of nitrogens with one attached hydrogen (secondary N) is 1. The molecule has 8 nitrogen and oxygen atoms in total. The third-order valence-corrected chi connectivity index (χ3v) is 3.25. The standard InChI is InChI=1S/C18H18N2O6/c1-24-15-7-6-13(9-16(15)25-2)18(23)20-19-10-12-4-3-5-14(8-12)26-11-17(21)22/h3-10H,11H2,1-2H3,(H,20,23)(H,21,22)/b19-10+. The molecule has 0 unspecified atom stereocenters. The van der Waals surface area contributed by atoms with Crippen LogP contribution in [-0.4, -0.2) is 44.0 Å². The van der Waals surface area contributed by atoms with E-state index in [0.29, 0.717) is 28.4 Å². The number of carboxylic acids is 1. The van der Waals surface area contributed by atoms with Crippen molar-refractivity contribution in [3.05, 3.63) is 53.6 Å². The Balaban J connectivity index is 2.00. The quantitative estimate of drug-likeness (QED) is 0.552. The molecule has 2 aromatic rings. The Morgan fingerprint density at radius 3 is 2.58 bits per heavy atom. The highest BCUT2D eigenvalue weighted by atomic mass is 16.5. The maximum Gasteiger partial charge on any atom is 0.341 e. The summed E-state index contributed by atoms with van der Waals surface area (Å²) in [5, 5.41) is 12.5. The summed E-state index contributed by atoms with van der Waals surface area (Å²) in [6, 6.07) is 11.4. The van der Waals surface area contributed by atoms with Gasteiger partial charge < -0.3 is 19.3 Å². The van der Waals surface area contributed by atoms with E-state index in [9.17, 15) is 9.59 Å². The van der Waals surface area contributed by atoms with Gasteiger partial charge >= 0.3 is 5.97 Å². The number of carboxylic acid groups (broad SMARTS) is 1. The van der Waals surface area contributed by atoms with Gasteiger partial charge in [0.1, 0.15) is 5.75 Å². The van der Waals surface area contributed by atoms with Gasteiger partial charge in [0.2, 0.25) is 0 Å². The molecule has 2 N–H and O–H groups in total. The van der Waals surface area contributed by atoms with Crippen molar-refractivity contribution >= 4 is 18.1 Å². The number of ether oxygens (including phenoxy) is 3. The van der Waals surface area contributed by atoms with Gasteiger partial charge in [0, 0.05) is 5.56 Å². The predicted molar refractivity (Wildman–Crippen MR) is 94.2 cm³/mol. The van der Waals surface area contributed by atoms with Gasteiger partial charge in [0.05, 0.1) is 20.4 Å². The van der Waals surface area contributed by atoms with Gasteiger partial charge in [-0.1, -0.05) is 12.1 Å². The maximum absolute atomic E-state index is 12.1. The van der Waals surface area contributed by atoms with E-state index in [2.05, 4.69) is 10.5 Å². The van der Waals surface area contributed by atoms with E-state index in [-0.39, 0.29) is 0 Å². The van der Waals surface area contributed by atoms with Crippen molar-refractivity contribution in [2.75, 3.05) is 20.8 Å². The van der Waals surface area contributed by atoms with Crippen molar-refractivity contribution in [2.45, 2.75) is 0 Å². The van der Waals surface area contributed by atoms with Crippen molar-refractivity contribution in [3.8, 4) is 17.2 Å². The van der Waals surface area contributed by atoms with Gasteiger partial charge in [-0.2, -0.15) is 5.10 Å². The van der Waals surface area contributed by atoms with Gasteiger partial charge in [-0.05, 0) is 35.9 Å². The molecule has 2 aromatic carbocycles. The second kappa shape index (κ2) is 9.07. The predicted octanol–water partition coefficient (Wildman–Crippen LogP) is 1.93. The lowest BCUT2D eigenvalue weighted by Gasteiger charge is -2.08. The largest absolute Gasteiger partial charge is 0.493 e. The number of carbonyl (C=O) groups is 2. The Hall–Kier alpha value is -3.55. The van der Waals surface area contributed by atoms with E-state index in [1.807, 2.05) is 0 Å². The average Bonchev–Trinajstić information content (AvgIpc) is 2.66. The van der Waals surface area contributed by atoms with Crippen LogP contribution in [-0.2, 0) is 4.79 Å². The summed E-state index contributed by atoms with van der Waals surface area (Å²) in [6.07, 6.45) is 1.42. The first-order chi connectivity index (χ1) is 12.5. The molecule has 1 amide bonds. The van der Waals surface area contributed by atoms with E-state index >= 15 is 0 Å². The molecule has 0 fully saturated rings. The topological polar surface area (TPSA) is 106 Å². The van der Waals surface area contributed by atoms with Crippen LogP contribution >= 0.6 is 0 Å². The number of hydrogen-bond donors (Lipinski definition) is 2. The number of benzene rings is 2. The zero-order valence-corrected chi connectivity index (χ0v) is 14.3. The van der Waals surface area contributed by atoms with Crippen molar-refractivity contribution in [1.29, 1.82) is 0 Å². The zero-order valence-electron chi connectivity index (χ0n) is 14.3. The van der Waals surface area contributed by atoms with Crippen LogP contribution < -0.4 is 19.6 Å². The Morgan fingerprint density at radius 1 is 1.12 bits per heavy atom. The summed E-state index contributed by atoms with van der Waals surface area (Å²) < 4.78 is 15.4. The lowest BCUT2D eigenvalue weighted by molar-refractivity contribution is -0.139. The number of rotatable bonds is 8. The minimum Gasteiger partial charge on any atom is -0.493 e. The van der Waals surface area contributed by atoms with Crippen LogP contribution in [0.2, 0.25) is 0 Å². The molecule has 0 spiro atoms. The summed E-state index contributed by atoms with van der Waals surface area (Å²) in [6.45, 7) is -0.434. The van der Waals surface area contributed by atoms with Crippen LogP contribution in [0, 0.1) is 0 Å². The number of amides is 1. The number of hydrogen-bond acceptors (Lipinski definition) is 6. The van der Waals surface area contributed by atoms with E-state index in [4.69, 9.17) is 19.3 Å². The first-order valence-electron chi connectivity index (χ1n) is 7.53. The molecule has 0 aromatic heterocycles. The molecule has 136 valence electrons. The number of aliphatic carboxylic acids is 1. The third-order valence-electron chi connectivity index (χ3n) is 3.25. The fourth-order valence-corrected chi connectivity index (χ4v) is 2.04. The van der Waals surface area contributed by atoms with Crippen molar-refractivity contribution in [3.63, 3.8) is 0 Å². The fourth-order valence-electron chi connectivity index (χ4n) is 2.04. The second-order valence-corrected chi connectivity index (χ2v) is 5.02. The van der Waals surface area contributed by atoms with E-state index in [1.165, 1.54) is 20.4 Å². The molecule has 0 saturated heterocycles. The van der Waals surface area contributed by atoms with E-state index in [1.54, 1.807) is 42.5 Å². The van der Waals surface area contributed by atoms with Crippen LogP contribution in [0.5, 0.6) is 17.2 Å². The van der Waals surface area contributed by atoms with Crippen molar-refractivity contribution in [1.82, 2.24) is 5.43 Å². The average molecular weight is 358 g/mol. The number of methoxy groups -OCH3 is 2. The molecule has 0 saturated carbocycles. The second-order valence-electron chi connectivity index (χ2n) is 5.02. The molecule has 0 aliphatic carbocycles. The molecule has 0 bridgehead atoms. The number of hydrazone groups is 1. The van der Waals surface area contributed by atoms with Crippen LogP contribution in [0.4, 0.5) is 0 Å². The number of carbonyl (C=O) groups excluding carboxylic acids is 1. The van der Waals surface area contributed by atoms with Crippen molar-refractivity contribution in [2.24, 2.45) is 5.10 Å². The van der Waals surface area contributed by atoms with E-state index in [0.717, 1.165) is 0 Å². The molecule has 26 heavy (non-hydrogen) atoms. The zero-order chi connectivity index (χ0) is 18.9. The summed E-state index contributed by atoms with van der Waals surface area (Å²) in [4.78, 5) is 22.6. The molecule has 0 radical (unpaired) electrons. The van der Waals surface area contributed by atoms with Crippen LogP contribution in [0.1, 0.15) is 15.9 Å². The first kappa shape index (κ1) is 18.8. The molecule has 2 rings (SSSR count). The lowest BCUT2D eigenvalue weighted by atomic mass is 10.2. The Bertz CT molecular complexity index is 819. The van der Waals surface area contributed by atoms with Gasteiger partial charge in [0.15, 0.2) is 18.1 Å². The van der Waals surface area contributed by atoms with Crippen LogP contribution in [0.3, 0.4) is 0 Å². The highest BCUT2D eigenvalue weighted by Gasteiger charge is 2.10. The van der Waals surface area contributed by atoms with Gasteiger partial charge in [-0.25, -0.2) is 10.2 Å². The molecular formula is C18H18N2O6. The van der Waals surface area contributed by atoms with Crippen molar-refractivity contribution < 1.29 is 28.9 Å². The SMILES string of the molecule is COc1ccc(C(=O)N/N=C/c2cccc(OCC(=O)O)c2)cc1OC. The summed E-state index contributed by atoms with van der Waals surface area (Å²) in [5.41, 5.74) is 3.40.